The third-order valence-electron chi connectivity index (χ3n) is 5.83. The Hall–Kier alpha value is -4.21. The van der Waals surface area contributed by atoms with Crippen molar-refractivity contribution in [2.75, 3.05) is 6.54 Å². The zero-order valence-electron chi connectivity index (χ0n) is 18.8. The molecule has 0 bridgehead atoms. The molecule has 7 nitrogen and oxygen atoms in total. The highest BCUT2D eigenvalue weighted by atomic mass is 19.4. The van der Waals surface area contributed by atoms with Crippen molar-refractivity contribution in [3.05, 3.63) is 83.9 Å². The van der Waals surface area contributed by atoms with Crippen molar-refractivity contribution in [1.82, 2.24) is 29.7 Å². The lowest BCUT2D eigenvalue weighted by molar-refractivity contribution is -0.142. The summed E-state index contributed by atoms with van der Waals surface area (Å²) < 4.78 is 44.4. The molecule has 0 saturated carbocycles. The number of benzene rings is 2. The van der Waals surface area contributed by atoms with Crippen molar-refractivity contribution in [3.8, 4) is 11.3 Å². The van der Waals surface area contributed by atoms with Gasteiger partial charge in [-0.3, -0.25) is 9.48 Å². The molecule has 3 heterocycles. The summed E-state index contributed by atoms with van der Waals surface area (Å²) in [6.07, 6.45) is -1.26. The normalized spacial score (nSPS) is 11.9. The minimum Gasteiger partial charge on any atom is -0.352 e. The first kappa shape index (κ1) is 22.6. The van der Waals surface area contributed by atoms with Gasteiger partial charge in [-0.15, -0.1) is 0 Å². The number of fused-ring (bicyclic) bond motifs is 2. The number of nitrogens with zero attached hydrogens (tertiary/aromatic N) is 5. The molecule has 178 valence electrons. The van der Waals surface area contributed by atoms with Gasteiger partial charge >= 0.3 is 6.18 Å². The maximum Gasteiger partial charge on any atom is 0.433 e. The lowest BCUT2D eigenvalue weighted by atomic mass is 10.0. The van der Waals surface area contributed by atoms with Crippen LogP contribution in [0.15, 0.2) is 67.0 Å². The molecule has 3 aromatic heterocycles. The van der Waals surface area contributed by atoms with E-state index in [1.807, 2.05) is 48.0 Å². The topological polar surface area (TPSA) is 77.1 Å². The average molecular weight is 478 g/mol. The molecule has 0 aliphatic heterocycles. The van der Waals surface area contributed by atoms with Crippen molar-refractivity contribution in [2.45, 2.75) is 26.1 Å². The number of amides is 1. The SMILES string of the molecule is Cc1ccnn1CCCNC(=O)c1cnn2c(C(F)(F)F)cc(-c3cccc4ccccc34)nc12. The van der Waals surface area contributed by atoms with Crippen molar-refractivity contribution < 1.29 is 18.0 Å². The van der Waals surface area contributed by atoms with E-state index in [-0.39, 0.29) is 16.9 Å². The Kier molecular flexibility index (Phi) is 5.72. The average Bonchev–Trinajstić information content (AvgIpc) is 3.46. The van der Waals surface area contributed by atoms with E-state index in [2.05, 4.69) is 20.5 Å². The van der Waals surface area contributed by atoms with Crippen LogP contribution >= 0.6 is 0 Å². The number of carbonyl (C=O) groups excluding carboxylic acids is 1. The van der Waals surface area contributed by atoms with E-state index < -0.39 is 17.8 Å². The number of aromatic nitrogens is 5. The van der Waals surface area contributed by atoms with E-state index in [9.17, 15) is 18.0 Å². The Morgan fingerprint density at radius 1 is 1.06 bits per heavy atom. The first-order chi connectivity index (χ1) is 16.8. The molecule has 0 atom stereocenters. The lowest BCUT2D eigenvalue weighted by Crippen LogP contribution is -2.25. The predicted octanol–water partition coefficient (Wildman–Crippen LogP) is 4.89. The van der Waals surface area contributed by atoms with Gasteiger partial charge in [0, 0.05) is 30.5 Å². The Bertz CT molecular complexity index is 1530. The van der Waals surface area contributed by atoms with Crippen LogP contribution in [-0.4, -0.2) is 36.8 Å². The Labute approximate surface area is 198 Å². The van der Waals surface area contributed by atoms with Crippen molar-refractivity contribution in [3.63, 3.8) is 0 Å². The van der Waals surface area contributed by atoms with Crippen LogP contribution in [0.2, 0.25) is 0 Å². The van der Waals surface area contributed by atoms with Crippen molar-refractivity contribution in [1.29, 1.82) is 0 Å². The molecule has 1 N–H and O–H groups in total. The molecule has 0 fully saturated rings. The summed E-state index contributed by atoms with van der Waals surface area (Å²) >= 11 is 0. The van der Waals surface area contributed by atoms with E-state index in [0.717, 1.165) is 28.7 Å². The highest BCUT2D eigenvalue weighted by Gasteiger charge is 2.36. The van der Waals surface area contributed by atoms with Gasteiger partial charge in [-0.25, -0.2) is 9.50 Å². The second-order valence-corrected chi connectivity index (χ2v) is 8.15. The molecule has 0 saturated heterocycles. The summed E-state index contributed by atoms with van der Waals surface area (Å²) in [6.45, 7) is 2.86. The van der Waals surface area contributed by atoms with Gasteiger partial charge in [0.2, 0.25) is 0 Å². The van der Waals surface area contributed by atoms with E-state index in [0.29, 0.717) is 29.6 Å². The maximum atomic E-state index is 14.0. The van der Waals surface area contributed by atoms with Gasteiger partial charge < -0.3 is 5.32 Å². The standard InChI is InChI=1S/C25H21F3N6O/c1-16-10-12-30-33(16)13-5-11-29-24(35)20-15-31-34-22(25(26,27)28)14-21(32-23(20)34)19-9-4-7-17-6-2-3-8-18(17)19/h2-4,6-10,12,14-15H,5,11,13H2,1H3,(H,29,35). The number of aryl methyl sites for hydroxylation is 2. The molecule has 5 rings (SSSR count). The highest BCUT2D eigenvalue weighted by molar-refractivity contribution is 6.00. The number of alkyl halides is 3. The zero-order valence-corrected chi connectivity index (χ0v) is 18.8. The van der Waals surface area contributed by atoms with Crippen LogP contribution in [0.5, 0.6) is 0 Å². The summed E-state index contributed by atoms with van der Waals surface area (Å²) in [6, 6.07) is 15.6. The van der Waals surface area contributed by atoms with Gasteiger partial charge in [-0.05, 0) is 36.2 Å². The number of hydrogen-bond donors (Lipinski definition) is 1. The van der Waals surface area contributed by atoms with Crippen molar-refractivity contribution in [2.24, 2.45) is 0 Å². The summed E-state index contributed by atoms with van der Waals surface area (Å²) in [5.74, 6) is -0.534. The number of carbonyl (C=O) groups is 1. The zero-order chi connectivity index (χ0) is 24.6. The van der Waals surface area contributed by atoms with Gasteiger partial charge in [-0.1, -0.05) is 42.5 Å². The molecule has 0 unspecified atom stereocenters. The van der Waals surface area contributed by atoms with Gasteiger partial charge in [0.1, 0.15) is 5.56 Å². The molecule has 10 heteroatoms. The molecule has 1 amide bonds. The Morgan fingerprint density at radius 2 is 1.86 bits per heavy atom. The summed E-state index contributed by atoms with van der Waals surface area (Å²) in [4.78, 5) is 17.3. The minimum absolute atomic E-state index is 0.0205. The Balaban J connectivity index is 1.50. The van der Waals surface area contributed by atoms with Crippen LogP contribution < -0.4 is 5.32 Å². The second-order valence-electron chi connectivity index (χ2n) is 8.15. The van der Waals surface area contributed by atoms with Gasteiger partial charge in [0.25, 0.3) is 5.91 Å². The summed E-state index contributed by atoms with van der Waals surface area (Å²) in [7, 11) is 0. The first-order valence-electron chi connectivity index (χ1n) is 11.0. The van der Waals surface area contributed by atoms with Crippen LogP contribution in [-0.2, 0) is 12.7 Å². The monoisotopic (exact) mass is 478 g/mol. The number of nitrogens with one attached hydrogen (secondary N) is 1. The van der Waals surface area contributed by atoms with Crippen LogP contribution in [0.3, 0.4) is 0 Å². The van der Waals surface area contributed by atoms with Crippen molar-refractivity contribution >= 4 is 22.3 Å². The van der Waals surface area contributed by atoms with Gasteiger partial charge in [-0.2, -0.15) is 23.4 Å². The Morgan fingerprint density at radius 3 is 2.63 bits per heavy atom. The lowest BCUT2D eigenvalue weighted by Gasteiger charge is -2.13. The van der Waals surface area contributed by atoms with Crippen LogP contribution in [0, 0.1) is 6.92 Å². The van der Waals surface area contributed by atoms with E-state index in [1.54, 1.807) is 18.3 Å². The van der Waals surface area contributed by atoms with Crippen LogP contribution in [0.1, 0.15) is 28.2 Å². The smallest absolute Gasteiger partial charge is 0.352 e. The van der Waals surface area contributed by atoms with Crippen LogP contribution in [0.25, 0.3) is 27.7 Å². The molecule has 5 aromatic rings. The van der Waals surface area contributed by atoms with Crippen LogP contribution in [0.4, 0.5) is 13.2 Å². The molecular weight excluding hydrogens is 457 g/mol. The number of halogens is 3. The first-order valence-corrected chi connectivity index (χ1v) is 11.0. The largest absolute Gasteiger partial charge is 0.433 e. The molecule has 0 radical (unpaired) electrons. The van der Waals surface area contributed by atoms with E-state index in [4.69, 9.17) is 0 Å². The number of hydrogen-bond acceptors (Lipinski definition) is 4. The summed E-state index contributed by atoms with van der Waals surface area (Å²) in [5, 5.41) is 12.4. The molecule has 2 aromatic carbocycles. The van der Waals surface area contributed by atoms with Gasteiger partial charge in [0.05, 0.1) is 11.9 Å². The summed E-state index contributed by atoms with van der Waals surface area (Å²) in [5.41, 5.74) is 0.488. The number of rotatable bonds is 6. The third-order valence-corrected chi connectivity index (χ3v) is 5.83. The maximum absolute atomic E-state index is 14.0. The minimum atomic E-state index is -4.69. The molecule has 0 aliphatic carbocycles. The van der Waals surface area contributed by atoms with E-state index in [1.165, 1.54) is 0 Å². The third kappa shape index (κ3) is 4.34. The fraction of sp³-hybridized carbons (Fsp3) is 0.200. The molecule has 0 spiro atoms. The molecular formula is C25H21F3N6O. The van der Waals surface area contributed by atoms with Gasteiger partial charge in [0.15, 0.2) is 11.3 Å². The predicted molar refractivity (Wildman–Crippen MR) is 125 cm³/mol. The highest BCUT2D eigenvalue weighted by Crippen LogP contribution is 2.34. The quantitative estimate of drug-likeness (QED) is 0.353. The van der Waals surface area contributed by atoms with E-state index >= 15 is 0 Å². The fourth-order valence-corrected chi connectivity index (χ4v) is 4.07. The molecule has 0 aliphatic rings. The fourth-order valence-electron chi connectivity index (χ4n) is 4.07. The molecule has 35 heavy (non-hydrogen) atoms. The second kappa shape index (κ2) is 8.86.